The summed E-state index contributed by atoms with van der Waals surface area (Å²) in [5.41, 5.74) is 5.83. The molecule has 4 aromatic rings. The van der Waals surface area contributed by atoms with Crippen LogP contribution in [0.5, 0.6) is 0 Å². The highest BCUT2D eigenvalue weighted by Crippen LogP contribution is 2.27. The summed E-state index contributed by atoms with van der Waals surface area (Å²) in [5, 5.41) is 9.92. The van der Waals surface area contributed by atoms with Crippen molar-refractivity contribution < 1.29 is 23.1 Å². The van der Waals surface area contributed by atoms with Crippen molar-refractivity contribution in [2.24, 2.45) is 5.84 Å². The Morgan fingerprint density at radius 1 is 1.03 bits per heavy atom. The molecule has 1 saturated heterocycles. The first-order chi connectivity index (χ1) is 18.8. The number of carboxylic acid groups (broad SMARTS) is 1. The van der Waals surface area contributed by atoms with Crippen molar-refractivity contribution in [1.82, 2.24) is 19.7 Å². The van der Waals surface area contributed by atoms with Crippen LogP contribution in [0.1, 0.15) is 34.3 Å². The Hall–Kier alpha value is -4.63. The Morgan fingerprint density at radius 3 is 2.33 bits per heavy atom. The molecule has 0 spiro atoms. The number of aromatic nitrogens is 2. The first kappa shape index (κ1) is 26.0. The van der Waals surface area contributed by atoms with Gasteiger partial charge in [0.2, 0.25) is 10.0 Å². The molecular formula is C28H23N5O5S. The highest BCUT2D eigenvalue weighted by atomic mass is 32.2. The van der Waals surface area contributed by atoms with Crippen LogP contribution in [0.15, 0.2) is 78.0 Å². The molecule has 1 fully saturated rings. The Labute approximate surface area is 224 Å². The third-order valence-electron chi connectivity index (χ3n) is 6.47. The van der Waals surface area contributed by atoms with Crippen LogP contribution in [0.4, 0.5) is 0 Å². The molecule has 0 radical (unpaired) electrons. The van der Waals surface area contributed by atoms with Crippen LogP contribution >= 0.6 is 0 Å². The predicted octanol–water partition coefficient (Wildman–Crippen LogP) is 2.54. The molecule has 1 unspecified atom stereocenters. The minimum atomic E-state index is -3.91. The van der Waals surface area contributed by atoms with Crippen molar-refractivity contribution in [3.8, 4) is 23.1 Å². The number of fused-ring (bicyclic) bond motifs is 1. The van der Waals surface area contributed by atoms with E-state index in [1.54, 1.807) is 36.7 Å². The number of hydrazine groups is 1. The van der Waals surface area contributed by atoms with Gasteiger partial charge in [0.1, 0.15) is 6.04 Å². The average molecular weight is 542 g/mol. The van der Waals surface area contributed by atoms with Crippen LogP contribution < -0.4 is 11.3 Å². The fourth-order valence-corrected chi connectivity index (χ4v) is 6.12. The van der Waals surface area contributed by atoms with E-state index >= 15 is 0 Å². The molecular weight excluding hydrogens is 518 g/mol. The van der Waals surface area contributed by atoms with Gasteiger partial charge in [0.25, 0.3) is 5.91 Å². The minimum absolute atomic E-state index is 0.0342. The Balaban J connectivity index is 1.35. The fraction of sp³-hybridized carbons (Fsp3) is 0.143. The van der Waals surface area contributed by atoms with E-state index in [2.05, 4.69) is 27.2 Å². The maximum Gasteiger partial charge on any atom is 0.322 e. The van der Waals surface area contributed by atoms with Crippen molar-refractivity contribution >= 4 is 32.8 Å². The third kappa shape index (κ3) is 5.21. The smallest absolute Gasteiger partial charge is 0.322 e. The normalized spacial score (nSPS) is 15.5. The van der Waals surface area contributed by atoms with Crippen LogP contribution in [0, 0.1) is 11.8 Å². The molecule has 10 nitrogen and oxygen atoms in total. The molecule has 2 aromatic carbocycles. The Kier molecular flexibility index (Phi) is 7.08. The van der Waals surface area contributed by atoms with Gasteiger partial charge in [0.15, 0.2) is 0 Å². The highest BCUT2D eigenvalue weighted by molar-refractivity contribution is 7.89. The van der Waals surface area contributed by atoms with Crippen LogP contribution in [-0.4, -0.2) is 52.3 Å². The first-order valence-corrected chi connectivity index (χ1v) is 13.4. The monoisotopic (exact) mass is 541 g/mol. The molecule has 5 rings (SSSR count). The summed E-state index contributed by atoms with van der Waals surface area (Å²) < 4.78 is 26.9. The molecule has 0 aliphatic carbocycles. The van der Waals surface area contributed by atoms with E-state index in [1.807, 2.05) is 24.3 Å². The number of nitrogens with two attached hydrogens (primary N) is 1. The molecule has 39 heavy (non-hydrogen) atoms. The number of pyridine rings is 2. The van der Waals surface area contributed by atoms with E-state index in [9.17, 15) is 23.1 Å². The lowest BCUT2D eigenvalue weighted by Gasteiger charge is -2.20. The fourth-order valence-electron chi connectivity index (χ4n) is 4.47. The van der Waals surface area contributed by atoms with Crippen LogP contribution in [-0.2, 0) is 14.8 Å². The molecule has 0 bridgehead atoms. The number of sulfonamides is 1. The number of rotatable bonds is 5. The number of nitrogens with zero attached hydrogens (tertiary/aromatic N) is 3. The van der Waals surface area contributed by atoms with Gasteiger partial charge in [-0.25, -0.2) is 19.2 Å². The number of benzene rings is 2. The molecule has 1 aliphatic heterocycles. The molecule has 0 saturated carbocycles. The average Bonchev–Trinajstić information content (AvgIpc) is 3.47. The van der Waals surface area contributed by atoms with Crippen molar-refractivity contribution in [2.75, 3.05) is 6.54 Å². The summed E-state index contributed by atoms with van der Waals surface area (Å²) >= 11 is 0. The van der Waals surface area contributed by atoms with E-state index in [1.165, 1.54) is 12.1 Å². The second-order valence-corrected chi connectivity index (χ2v) is 10.8. The zero-order chi connectivity index (χ0) is 27.6. The molecule has 11 heteroatoms. The summed E-state index contributed by atoms with van der Waals surface area (Å²) in [5.74, 6) is 9.82. The lowest BCUT2D eigenvalue weighted by Crippen LogP contribution is -2.40. The molecule has 3 heterocycles. The number of nitrogens with one attached hydrogen (secondary N) is 1. The summed E-state index contributed by atoms with van der Waals surface area (Å²) in [6.45, 7) is 0.185. The number of amides is 1. The maximum atomic E-state index is 12.9. The predicted molar refractivity (Wildman–Crippen MR) is 144 cm³/mol. The standard InChI is InChI=1S/C28H23N5O5S/c29-32-27(34)22-16-25(31-24-13-14-30-17-23(22)24)20-9-5-18(6-10-20)3-4-19-7-11-21(12-8-19)39(37,38)33-15-1-2-26(33)28(35)36/h5-14,16-17,26H,1-2,15,29H2,(H,32,34)(H,35,36). The van der Waals surface area contributed by atoms with Gasteiger partial charge in [-0.05, 0) is 61.4 Å². The zero-order valence-corrected chi connectivity index (χ0v) is 21.4. The van der Waals surface area contributed by atoms with Crippen LogP contribution in [0.3, 0.4) is 0 Å². The number of carbonyl (C=O) groups excluding carboxylic acids is 1. The number of hydrogen-bond acceptors (Lipinski definition) is 7. The second-order valence-electron chi connectivity index (χ2n) is 8.89. The van der Waals surface area contributed by atoms with Crippen molar-refractivity contribution in [3.05, 3.63) is 89.7 Å². The van der Waals surface area contributed by atoms with E-state index < -0.39 is 27.9 Å². The van der Waals surface area contributed by atoms with Gasteiger partial charge < -0.3 is 5.11 Å². The van der Waals surface area contributed by atoms with Crippen LogP contribution in [0.2, 0.25) is 0 Å². The molecule has 1 atom stereocenters. The van der Waals surface area contributed by atoms with E-state index in [0.717, 1.165) is 15.4 Å². The number of hydrogen-bond donors (Lipinski definition) is 3. The van der Waals surface area contributed by atoms with Crippen molar-refractivity contribution in [2.45, 2.75) is 23.8 Å². The van der Waals surface area contributed by atoms with E-state index in [-0.39, 0.29) is 11.4 Å². The molecule has 1 aliphatic rings. The van der Waals surface area contributed by atoms with E-state index in [0.29, 0.717) is 40.6 Å². The summed E-state index contributed by atoms with van der Waals surface area (Å²) in [7, 11) is -3.91. The number of carboxylic acids is 1. The number of aliphatic carboxylic acids is 1. The molecule has 1 amide bonds. The summed E-state index contributed by atoms with van der Waals surface area (Å²) in [4.78, 5) is 32.5. The summed E-state index contributed by atoms with van der Waals surface area (Å²) in [6.07, 6.45) is 3.98. The first-order valence-electron chi connectivity index (χ1n) is 12.0. The van der Waals surface area contributed by atoms with Gasteiger partial charge >= 0.3 is 5.97 Å². The molecule has 196 valence electrons. The number of nitrogen functional groups attached to an aromatic ring is 1. The maximum absolute atomic E-state index is 12.9. The van der Waals surface area contributed by atoms with Gasteiger partial charge in [-0.3, -0.25) is 20.0 Å². The Morgan fingerprint density at radius 2 is 1.69 bits per heavy atom. The van der Waals surface area contributed by atoms with Gasteiger partial charge in [-0.1, -0.05) is 24.0 Å². The van der Waals surface area contributed by atoms with E-state index in [4.69, 9.17) is 5.84 Å². The Bertz CT molecular complexity index is 1740. The third-order valence-corrected chi connectivity index (χ3v) is 8.39. The highest BCUT2D eigenvalue weighted by Gasteiger charge is 2.39. The lowest BCUT2D eigenvalue weighted by molar-refractivity contribution is -0.140. The van der Waals surface area contributed by atoms with Crippen molar-refractivity contribution in [3.63, 3.8) is 0 Å². The lowest BCUT2D eigenvalue weighted by atomic mass is 10.0. The number of carbonyl (C=O) groups is 2. The largest absolute Gasteiger partial charge is 0.480 e. The van der Waals surface area contributed by atoms with Gasteiger partial charge in [0, 0.05) is 41.0 Å². The molecule has 2 aromatic heterocycles. The SMILES string of the molecule is NNC(=O)c1cc(-c2ccc(C#Cc3ccc(S(=O)(=O)N4CCCC4C(=O)O)cc3)cc2)nc2ccncc12. The summed E-state index contributed by atoms with van der Waals surface area (Å²) in [6, 6.07) is 15.7. The second kappa shape index (κ2) is 10.6. The topological polar surface area (TPSA) is 156 Å². The van der Waals surface area contributed by atoms with Crippen molar-refractivity contribution in [1.29, 1.82) is 0 Å². The quantitative estimate of drug-likeness (QED) is 0.151. The van der Waals surface area contributed by atoms with Crippen LogP contribution in [0.25, 0.3) is 22.2 Å². The van der Waals surface area contributed by atoms with Gasteiger partial charge in [-0.2, -0.15) is 4.31 Å². The zero-order valence-electron chi connectivity index (χ0n) is 20.5. The van der Waals surface area contributed by atoms with Gasteiger partial charge in [-0.15, -0.1) is 0 Å². The molecule has 4 N–H and O–H groups in total. The van der Waals surface area contributed by atoms with Gasteiger partial charge in [0.05, 0.1) is 21.7 Å². The minimum Gasteiger partial charge on any atom is -0.480 e.